The first kappa shape index (κ1) is 12.4. The highest BCUT2D eigenvalue weighted by Crippen LogP contribution is 2.04. The van der Waals surface area contributed by atoms with Crippen LogP contribution in [0.3, 0.4) is 0 Å². The number of rotatable bonds is 7. The molecule has 0 aromatic carbocycles. The maximum absolute atomic E-state index is 8.58. The highest BCUT2D eigenvalue weighted by Gasteiger charge is 2.10. The van der Waals surface area contributed by atoms with Crippen LogP contribution in [0, 0.1) is 11.3 Å². The Morgan fingerprint density at radius 1 is 1.46 bits per heavy atom. The molecule has 13 heavy (non-hydrogen) atoms. The zero-order chi connectivity index (χ0) is 10.1. The summed E-state index contributed by atoms with van der Waals surface area (Å²) < 4.78 is 5.25. The fourth-order valence-electron chi connectivity index (χ4n) is 1.25. The second-order valence-corrected chi connectivity index (χ2v) is 3.10. The Balaban J connectivity index is 3.65. The van der Waals surface area contributed by atoms with Gasteiger partial charge in [-0.25, -0.2) is 0 Å². The van der Waals surface area contributed by atoms with E-state index in [0.29, 0.717) is 12.5 Å². The molecule has 0 aliphatic rings. The molecule has 0 aromatic heterocycles. The molecule has 1 atom stereocenters. The van der Waals surface area contributed by atoms with Gasteiger partial charge in [-0.1, -0.05) is 6.92 Å². The fourth-order valence-corrected chi connectivity index (χ4v) is 1.25. The van der Waals surface area contributed by atoms with Crippen LogP contribution in [0.15, 0.2) is 0 Å². The molecule has 0 bridgehead atoms. The maximum atomic E-state index is 8.58. The van der Waals surface area contributed by atoms with Crippen molar-refractivity contribution in [1.29, 1.82) is 5.26 Å². The van der Waals surface area contributed by atoms with Crippen molar-refractivity contribution >= 4 is 0 Å². The standard InChI is InChI=1S/C10H20N2O/c1-4-10(6-7-11)12(3)8-9-13-5-2/h10H,4-6,8-9H2,1-3H3. The molecule has 3 nitrogen and oxygen atoms in total. The predicted octanol–water partition coefficient (Wildman–Crippen LogP) is 1.65. The van der Waals surface area contributed by atoms with E-state index in [4.69, 9.17) is 10.00 Å². The molecule has 0 spiro atoms. The smallest absolute Gasteiger partial charge is 0.0638 e. The summed E-state index contributed by atoms with van der Waals surface area (Å²) in [6, 6.07) is 2.59. The minimum Gasteiger partial charge on any atom is -0.380 e. The average molecular weight is 184 g/mol. The second-order valence-electron chi connectivity index (χ2n) is 3.10. The molecule has 1 unspecified atom stereocenters. The molecular weight excluding hydrogens is 164 g/mol. The SMILES string of the molecule is CCOCCN(C)C(CC)CC#N. The Morgan fingerprint density at radius 3 is 2.62 bits per heavy atom. The molecule has 0 rings (SSSR count). The number of ether oxygens (including phenoxy) is 1. The van der Waals surface area contributed by atoms with Gasteiger partial charge in [-0.15, -0.1) is 0 Å². The second kappa shape index (κ2) is 8.03. The molecule has 0 radical (unpaired) electrons. The third-order valence-corrected chi connectivity index (χ3v) is 2.21. The van der Waals surface area contributed by atoms with E-state index in [2.05, 4.69) is 17.9 Å². The summed E-state index contributed by atoms with van der Waals surface area (Å²) in [4.78, 5) is 2.19. The van der Waals surface area contributed by atoms with Crippen LogP contribution in [-0.2, 0) is 4.74 Å². The van der Waals surface area contributed by atoms with Crippen molar-refractivity contribution < 1.29 is 4.74 Å². The lowest BCUT2D eigenvalue weighted by atomic mass is 10.1. The van der Waals surface area contributed by atoms with Gasteiger partial charge in [-0.3, -0.25) is 0 Å². The summed E-state index contributed by atoms with van der Waals surface area (Å²) in [6.45, 7) is 6.54. The van der Waals surface area contributed by atoms with Gasteiger partial charge in [-0.2, -0.15) is 5.26 Å². The maximum Gasteiger partial charge on any atom is 0.0638 e. The Kier molecular flexibility index (Phi) is 7.66. The van der Waals surface area contributed by atoms with E-state index in [-0.39, 0.29) is 0 Å². The number of nitrogens with zero attached hydrogens (tertiary/aromatic N) is 2. The zero-order valence-corrected chi connectivity index (χ0v) is 8.92. The van der Waals surface area contributed by atoms with E-state index in [1.54, 1.807) is 0 Å². The first-order valence-corrected chi connectivity index (χ1v) is 4.91. The van der Waals surface area contributed by atoms with Gasteiger partial charge in [0.1, 0.15) is 0 Å². The fraction of sp³-hybridized carbons (Fsp3) is 0.900. The molecule has 0 amide bonds. The molecule has 0 aromatic rings. The van der Waals surface area contributed by atoms with Crippen molar-refractivity contribution in [2.75, 3.05) is 26.8 Å². The van der Waals surface area contributed by atoms with Crippen molar-refractivity contribution in [3.63, 3.8) is 0 Å². The minimum absolute atomic E-state index is 0.380. The third kappa shape index (κ3) is 5.62. The largest absolute Gasteiger partial charge is 0.380 e. The molecule has 76 valence electrons. The highest BCUT2D eigenvalue weighted by molar-refractivity contribution is 4.80. The van der Waals surface area contributed by atoms with Gasteiger partial charge in [0.15, 0.2) is 0 Å². The van der Waals surface area contributed by atoms with Gasteiger partial charge in [-0.05, 0) is 20.4 Å². The van der Waals surface area contributed by atoms with Gasteiger partial charge in [0, 0.05) is 19.2 Å². The summed E-state index contributed by atoms with van der Waals surface area (Å²) in [6.07, 6.45) is 1.63. The zero-order valence-electron chi connectivity index (χ0n) is 8.92. The van der Waals surface area contributed by atoms with Crippen LogP contribution in [0.1, 0.15) is 26.7 Å². The van der Waals surface area contributed by atoms with E-state index >= 15 is 0 Å². The highest BCUT2D eigenvalue weighted by atomic mass is 16.5. The van der Waals surface area contributed by atoms with Crippen molar-refractivity contribution in [3.8, 4) is 6.07 Å². The molecule has 0 N–H and O–H groups in total. The van der Waals surface area contributed by atoms with E-state index in [0.717, 1.165) is 26.2 Å². The summed E-state index contributed by atoms with van der Waals surface area (Å²) >= 11 is 0. The number of hydrogen-bond acceptors (Lipinski definition) is 3. The molecular formula is C10H20N2O. The van der Waals surface area contributed by atoms with Gasteiger partial charge in [0.05, 0.1) is 19.1 Å². The molecule has 0 fully saturated rings. The molecule has 0 saturated heterocycles. The van der Waals surface area contributed by atoms with E-state index in [1.807, 2.05) is 14.0 Å². The molecule has 0 aliphatic heterocycles. The van der Waals surface area contributed by atoms with Crippen molar-refractivity contribution in [1.82, 2.24) is 4.90 Å². The van der Waals surface area contributed by atoms with Crippen LogP contribution in [0.25, 0.3) is 0 Å². The summed E-state index contributed by atoms with van der Waals surface area (Å²) in [5, 5.41) is 8.58. The van der Waals surface area contributed by atoms with Crippen LogP contribution in [0.5, 0.6) is 0 Å². The third-order valence-electron chi connectivity index (χ3n) is 2.21. The minimum atomic E-state index is 0.380. The van der Waals surface area contributed by atoms with Crippen LogP contribution in [0.2, 0.25) is 0 Å². The molecule has 0 saturated carbocycles. The number of nitriles is 1. The Hall–Kier alpha value is -0.590. The van der Waals surface area contributed by atoms with Crippen molar-refractivity contribution in [2.45, 2.75) is 32.7 Å². The normalized spacial score (nSPS) is 12.8. The lowest BCUT2D eigenvalue weighted by Crippen LogP contribution is -2.33. The summed E-state index contributed by atoms with van der Waals surface area (Å²) in [5.74, 6) is 0. The van der Waals surface area contributed by atoms with Crippen LogP contribution >= 0.6 is 0 Å². The average Bonchev–Trinajstić information content (AvgIpc) is 2.14. The topological polar surface area (TPSA) is 36.3 Å². The lowest BCUT2D eigenvalue weighted by Gasteiger charge is -2.24. The number of likely N-dealkylation sites (N-methyl/N-ethyl adjacent to an activating group) is 1. The molecule has 0 heterocycles. The van der Waals surface area contributed by atoms with Gasteiger partial charge >= 0.3 is 0 Å². The number of hydrogen-bond donors (Lipinski definition) is 0. The van der Waals surface area contributed by atoms with E-state index in [9.17, 15) is 0 Å². The Bertz CT molecular complexity index is 153. The Morgan fingerprint density at radius 2 is 2.15 bits per heavy atom. The first-order valence-electron chi connectivity index (χ1n) is 4.91. The lowest BCUT2D eigenvalue weighted by molar-refractivity contribution is 0.107. The van der Waals surface area contributed by atoms with Crippen LogP contribution < -0.4 is 0 Å². The van der Waals surface area contributed by atoms with E-state index in [1.165, 1.54) is 0 Å². The van der Waals surface area contributed by atoms with Crippen molar-refractivity contribution in [2.24, 2.45) is 0 Å². The van der Waals surface area contributed by atoms with Gasteiger partial charge in [0.25, 0.3) is 0 Å². The van der Waals surface area contributed by atoms with E-state index < -0.39 is 0 Å². The van der Waals surface area contributed by atoms with Crippen LogP contribution in [0.4, 0.5) is 0 Å². The van der Waals surface area contributed by atoms with Crippen LogP contribution in [-0.4, -0.2) is 37.7 Å². The Labute approximate surface area is 81.3 Å². The quantitative estimate of drug-likeness (QED) is 0.564. The van der Waals surface area contributed by atoms with Gasteiger partial charge < -0.3 is 9.64 Å². The predicted molar refractivity (Wildman–Crippen MR) is 53.4 cm³/mol. The first-order chi connectivity index (χ1) is 6.26. The summed E-state index contributed by atoms with van der Waals surface area (Å²) in [5.41, 5.74) is 0. The molecule has 3 heteroatoms. The summed E-state index contributed by atoms with van der Waals surface area (Å²) in [7, 11) is 2.05. The van der Waals surface area contributed by atoms with Crippen molar-refractivity contribution in [3.05, 3.63) is 0 Å². The molecule has 0 aliphatic carbocycles. The van der Waals surface area contributed by atoms with Gasteiger partial charge in [0.2, 0.25) is 0 Å². The monoisotopic (exact) mass is 184 g/mol.